The number of hydrogen-bond donors (Lipinski definition) is 0. The number of nitrogens with zero attached hydrogens (tertiary/aromatic N) is 2. The molecule has 0 N–H and O–H groups in total. The van der Waals surface area contributed by atoms with E-state index < -0.39 is 33.5 Å². The highest BCUT2D eigenvalue weighted by Gasteiger charge is 2.36. The van der Waals surface area contributed by atoms with Gasteiger partial charge in [-0.25, -0.2) is 26.0 Å². The van der Waals surface area contributed by atoms with Crippen LogP contribution in [0.3, 0.4) is 0 Å². The van der Waals surface area contributed by atoms with Crippen LogP contribution in [0.4, 0.5) is 8.78 Å². The topological polar surface area (TPSA) is 85.7 Å². The minimum atomic E-state index is -4.31. The van der Waals surface area contributed by atoms with Crippen LogP contribution in [-0.2, 0) is 27.8 Å². The van der Waals surface area contributed by atoms with Crippen molar-refractivity contribution < 1.29 is 31.5 Å². The van der Waals surface area contributed by atoms with Crippen molar-refractivity contribution >= 4 is 43.7 Å². The van der Waals surface area contributed by atoms with Crippen molar-refractivity contribution in [1.29, 1.82) is 0 Å². The van der Waals surface area contributed by atoms with Gasteiger partial charge >= 0.3 is 5.97 Å². The molecule has 0 spiro atoms. The fourth-order valence-electron chi connectivity index (χ4n) is 5.21. The van der Waals surface area contributed by atoms with Crippen molar-refractivity contribution in [3.8, 4) is 0 Å². The third kappa shape index (κ3) is 3.87. The molecule has 0 unspecified atom stereocenters. The van der Waals surface area contributed by atoms with Gasteiger partial charge < -0.3 is 9.64 Å². The number of ether oxygens (including phenoxy) is 1. The van der Waals surface area contributed by atoms with Crippen LogP contribution in [0.1, 0.15) is 31.8 Å². The number of halogens is 2. The summed E-state index contributed by atoms with van der Waals surface area (Å²) in [4.78, 5) is 28.2. The first-order valence-corrected chi connectivity index (χ1v) is 13.4. The van der Waals surface area contributed by atoms with E-state index in [1.807, 2.05) is 0 Å². The number of fused-ring (bicyclic) bond motifs is 5. The van der Waals surface area contributed by atoms with E-state index in [2.05, 4.69) is 0 Å². The largest absolute Gasteiger partial charge is 0.465 e. The maximum atomic E-state index is 14.6. The Labute approximate surface area is 221 Å². The van der Waals surface area contributed by atoms with Crippen molar-refractivity contribution in [3.05, 3.63) is 113 Å². The molecule has 1 amide bonds. The number of esters is 1. The zero-order valence-electron chi connectivity index (χ0n) is 20.5. The summed E-state index contributed by atoms with van der Waals surface area (Å²) >= 11 is 0. The lowest BCUT2D eigenvalue weighted by atomic mass is 9.98. The van der Waals surface area contributed by atoms with Crippen LogP contribution >= 0.6 is 0 Å². The summed E-state index contributed by atoms with van der Waals surface area (Å²) < 4.78 is 62.3. The van der Waals surface area contributed by atoms with Crippen LogP contribution in [0.15, 0.2) is 83.8 Å². The number of carbonyl (C=O) groups is 2. The summed E-state index contributed by atoms with van der Waals surface area (Å²) in [5.41, 5.74) is 1.11. The van der Waals surface area contributed by atoms with Crippen LogP contribution in [0, 0.1) is 11.6 Å². The van der Waals surface area contributed by atoms with Gasteiger partial charge in [0.2, 0.25) is 0 Å². The summed E-state index contributed by atoms with van der Waals surface area (Å²) in [5, 5.41) is 0.293. The molecule has 0 fully saturated rings. The fraction of sp³-hybridized carbons (Fsp3) is 0.103. The third-order valence-electron chi connectivity index (χ3n) is 6.84. The van der Waals surface area contributed by atoms with Crippen molar-refractivity contribution in [3.63, 3.8) is 0 Å². The Hall–Kier alpha value is -4.57. The maximum absolute atomic E-state index is 14.6. The van der Waals surface area contributed by atoms with Gasteiger partial charge in [-0.05, 0) is 59.7 Å². The molecule has 0 bridgehead atoms. The summed E-state index contributed by atoms with van der Waals surface area (Å²) in [5.74, 6) is -2.35. The van der Waals surface area contributed by atoms with Crippen molar-refractivity contribution in [1.82, 2.24) is 8.87 Å². The molecule has 6 rings (SSSR count). The number of methoxy groups -OCH3 is 1. The van der Waals surface area contributed by atoms with Crippen molar-refractivity contribution in [2.45, 2.75) is 18.0 Å². The molecule has 196 valence electrons. The van der Waals surface area contributed by atoms with Gasteiger partial charge in [0.15, 0.2) is 0 Å². The van der Waals surface area contributed by atoms with Crippen molar-refractivity contribution in [2.24, 2.45) is 0 Å². The fourth-order valence-corrected chi connectivity index (χ4v) is 6.77. The Bertz CT molecular complexity index is 1930. The third-order valence-corrected chi connectivity index (χ3v) is 8.57. The molecule has 0 saturated carbocycles. The van der Waals surface area contributed by atoms with Gasteiger partial charge in [-0.3, -0.25) is 4.79 Å². The van der Waals surface area contributed by atoms with E-state index in [0.29, 0.717) is 11.1 Å². The Balaban J connectivity index is 1.68. The van der Waals surface area contributed by atoms with E-state index in [0.717, 1.165) is 16.1 Å². The summed E-state index contributed by atoms with van der Waals surface area (Å²) in [6, 6.07) is 18.5. The molecule has 1 aliphatic heterocycles. The number of carbonyl (C=O) groups excluding carboxylic acids is 2. The summed E-state index contributed by atoms with van der Waals surface area (Å²) in [7, 11) is -3.14. The summed E-state index contributed by atoms with van der Waals surface area (Å²) in [6.45, 7) is 0.160. The lowest BCUT2D eigenvalue weighted by Gasteiger charge is -2.15. The zero-order chi connectivity index (χ0) is 27.5. The molecule has 2 heterocycles. The molecule has 0 saturated heterocycles. The van der Waals surface area contributed by atoms with Crippen LogP contribution in [-0.4, -0.2) is 36.3 Å². The van der Waals surface area contributed by atoms with Crippen LogP contribution < -0.4 is 0 Å². The van der Waals surface area contributed by atoms with Gasteiger partial charge in [0.05, 0.1) is 34.2 Å². The lowest BCUT2D eigenvalue weighted by molar-refractivity contribution is 0.0602. The Morgan fingerprint density at radius 2 is 1.69 bits per heavy atom. The molecule has 39 heavy (non-hydrogen) atoms. The quantitative estimate of drug-likeness (QED) is 0.281. The van der Waals surface area contributed by atoms with Gasteiger partial charge in [0.1, 0.15) is 11.6 Å². The number of hydrogen-bond acceptors (Lipinski definition) is 5. The van der Waals surface area contributed by atoms with Gasteiger partial charge in [0, 0.05) is 23.9 Å². The molecular formula is C29H20F2N2O5S. The van der Waals surface area contributed by atoms with Crippen molar-refractivity contribution in [2.75, 3.05) is 7.11 Å². The van der Waals surface area contributed by atoms with Crippen LogP contribution in [0.25, 0.3) is 21.8 Å². The number of benzene rings is 4. The first kappa shape index (κ1) is 24.7. The second-order valence-electron chi connectivity index (χ2n) is 9.21. The molecule has 0 atom stereocenters. The number of aromatic nitrogens is 1. The highest BCUT2D eigenvalue weighted by Crippen LogP contribution is 2.41. The minimum Gasteiger partial charge on any atom is -0.465 e. The standard InChI is InChI=1S/C29H20F2N2O5S/c1-38-29(35)23-13-18-16-32(15-17-6-5-7-19(30)12-17)28(34)25(18)26-22-14-20(31)10-11-24(22)33(27(23)26)39(36,37)21-8-3-2-4-9-21/h2-14H,15-16H2,1H3. The second-order valence-corrected chi connectivity index (χ2v) is 11.0. The van der Waals surface area contributed by atoms with E-state index >= 15 is 0 Å². The Morgan fingerprint density at radius 1 is 0.949 bits per heavy atom. The SMILES string of the molecule is COC(=O)c1cc2c(c3c4cc(F)ccc4n(S(=O)(=O)c4ccccc4)c13)C(=O)N(Cc1cccc(F)c1)C2. The molecule has 5 aromatic rings. The first-order valence-electron chi connectivity index (χ1n) is 11.9. The molecule has 1 aromatic heterocycles. The maximum Gasteiger partial charge on any atom is 0.340 e. The summed E-state index contributed by atoms with van der Waals surface area (Å²) in [6.07, 6.45) is 0. The van der Waals surface area contributed by atoms with Gasteiger partial charge in [0.25, 0.3) is 15.9 Å². The van der Waals surface area contributed by atoms with E-state index in [4.69, 9.17) is 4.74 Å². The lowest BCUT2D eigenvalue weighted by Crippen LogP contribution is -2.23. The molecule has 0 aliphatic carbocycles. The molecule has 1 aliphatic rings. The monoisotopic (exact) mass is 546 g/mol. The Morgan fingerprint density at radius 3 is 2.41 bits per heavy atom. The predicted molar refractivity (Wildman–Crippen MR) is 140 cm³/mol. The second kappa shape index (κ2) is 9.02. The molecule has 0 radical (unpaired) electrons. The average Bonchev–Trinajstić information content (AvgIpc) is 3.42. The number of rotatable bonds is 5. The highest BCUT2D eigenvalue weighted by molar-refractivity contribution is 7.90. The van der Waals surface area contributed by atoms with Crippen LogP contribution in [0.5, 0.6) is 0 Å². The zero-order valence-corrected chi connectivity index (χ0v) is 21.3. The average molecular weight is 547 g/mol. The van der Waals surface area contributed by atoms with E-state index in [1.54, 1.807) is 24.3 Å². The number of amides is 1. The minimum absolute atomic E-state index is 0.0523. The smallest absolute Gasteiger partial charge is 0.340 e. The molecule has 7 nitrogen and oxygen atoms in total. The highest BCUT2D eigenvalue weighted by atomic mass is 32.2. The van der Waals surface area contributed by atoms with Gasteiger partial charge in [-0.2, -0.15) is 0 Å². The normalized spacial score (nSPS) is 13.3. The Kier molecular flexibility index (Phi) is 5.72. The van der Waals surface area contributed by atoms with Crippen LogP contribution in [0.2, 0.25) is 0 Å². The predicted octanol–water partition coefficient (Wildman–Crippen LogP) is 5.25. The molecule has 10 heteroatoms. The van der Waals surface area contributed by atoms with E-state index in [1.165, 1.54) is 54.5 Å². The van der Waals surface area contributed by atoms with Gasteiger partial charge in [-0.15, -0.1) is 0 Å². The van der Waals surface area contributed by atoms with E-state index in [-0.39, 0.29) is 50.9 Å². The molecular weight excluding hydrogens is 526 g/mol. The first-order chi connectivity index (χ1) is 18.7. The van der Waals surface area contributed by atoms with Gasteiger partial charge in [-0.1, -0.05) is 30.3 Å². The molecule has 4 aromatic carbocycles. The van der Waals surface area contributed by atoms with E-state index in [9.17, 15) is 26.8 Å².